The second-order valence-electron chi connectivity index (χ2n) is 10.4. The number of allylic oxidation sites excluding steroid dienone is 1. The fourth-order valence-corrected chi connectivity index (χ4v) is 5.86. The number of hydrogen-bond acceptors (Lipinski definition) is 5. The molecule has 218 valence electrons. The molecule has 1 atom stereocenters. The molecule has 0 aromatic heterocycles. The van der Waals surface area contributed by atoms with Gasteiger partial charge < -0.3 is 19.4 Å². The number of anilines is 1. The Labute approximate surface area is 250 Å². The molecule has 0 saturated carbocycles. The number of carbonyl (C=O) groups excluding carboxylic acids is 3. The molecule has 0 aliphatic carbocycles. The lowest BCUT2D eigenvalue weighted by Gasteiger charge is -2.36. The van der Waals surface area contributed by atoms with Crippen molar-refractivity contribution in [2.45, 2.75) is 32.7 Å². The van der Waals surface area contributed by atoms with E-state index in [2.05, 4.69) is 0 Å². The molecular weight excluding hydrogens is 557 g/mol. The number of nitrogens with zero attached hydrogens (tertiary/aromatic N) is 3. The fraction of sp³-hybridized carbons (Fsp3) is 0.303. The van der Waals surface area contributed by atoms with Gasteiger partial charge in [0.05, 0.1) is 24.4 Å². The van der Waals surface area contributed by atoms with E-state index < -0.39 is 11.9 Å². The van der Waals surface area contributed by atoms with E-state index in [1.165, 1.54) is 6.07 Å². The second-order valence-corrected chi connectivity index (χ2v) is 10.9. The molecule has 3 aromatic carbocycles. The van der Waals surface area contributed by atoms with Gasteiger partial charge in [0, 0.05) is 54.8 Å². The monoisotopic (exact) mass is 589 g/mol. The van der Waals surface area contributed by atoms with Gasteiger partial charge in [-0.15, -0.1) is 0 Å². The average Bonchev–Trinajstić information content (AvgIpc) is 2.99. The van der Waals surface area contributed by atoms with Crippen molar-refractivity contribution in [3.8, 4) is 0 Å². The largest absolute Gasteiger partial charge is 0.463 e. The van der Waals surface area contributed by atoms with Crippen LogP contribution in [0.15, 0.2) is 84.1 Å². The third kappa shape index (κ3) is 6.19. The van der Waals surface area contributed by atoms with Gasteiger partial charge in [-0.25, -0.2) is 9.18 Å². The molecule has 3 aromatic rings. The zero-order valence-electron chi connectivity index (χ0n) is 23.7. The molecule has 1 fully saturated rings. The standard InChI is InChI=1S/C33H33ClFN3O4/c1-3-42-33(41)31-22(2)38(30(39)20-27(31)25-7-6-8-26(34)19-25)21-23-11-13-24(14-12-23)32(40)37-17-15-36(16-18-37)29-10-5-4-9-28(29)35/h4-14,19,27H,3,15-18,20-21H2,1-2H3. The number of halogens is 2. The molecule has 0 N–H and O–H groups in total. The van der Waals surface area contributed by atoms with Gasteiger partial charge in [0.2, 0.25) is 5.91 Å². The molecule has 2 heterocycles. The first-order chi connectivity index (χ1) is 20.3. The van der Waals surface area contributed by atoms with Crippen LogP contribution in [0.1, 0.15) is 47.7 Å². The van der Waals surface area contributed by atoms with Crippen molar-refractivity contribution in [2.24, 2.45) is 0 Å². The first-order valence-corrected chi connectivity index (χ1v) is 14.5. The van der Waals surface area contributed by atoms with Crippen molar-refractivity contribution in [2.75, 3.05) is 37.7 Å². The SMILES string of the molecule is CCOC(=O)C1=C(C)N(Cc2ccc(C(=O)N3CCN(c4ccccc4F)CC3)cc2)C(=O)CC1c1cccc(Cl)c1. The number of para-hydroxylation sites is 1. The van der Waals surface area contributed by atoms with Crippen LogP contribution in [0.2, 0.25) is 5.02 Å². The molecule has 2 amide bonds. The predicted molar refractivity (Wildman–Crippen MR) is 160 cm³/mol. The van der Waals surface area contributed by atoms with Crippen LogP contribution in [0.4, 0.5) is 10.1 Å². The summed E-state index contributed by atoms with van der Waals surface area (Å²) >= 11 is 6.21. The highest BCUT2D eigenvalue weighted by atomic mass is 35.5. The van der Waals surface area contributed by atoms with E-state index in [4.69, 9.17) is 16.3 Å². The highest BCUT2D eigenvalue weighted by molar-refractivity contribution is 6.30. The minimum atomic E-state index is -0.453. The van der Waals surface area contributed by atoms with Crippen molar-refractivity contribution in [3.05, 3.63) is 112 Å². The molecule has 0 radical (unpaired) electrons. The number of hydrogen-bond donors (Lipinski definition) is 0. The number of rotatable bonds is 7. The smallest absolute Gasteiger partial charge is 0.336 e. The third-order valence-corrected chi connectivity index (χ3v) is 8.11. The first-order valence-electron chi connectivity index (χ1n) is 14.1. The molecule has 9 heteroatoms. The summed E-state index contributed by atoms with van der Waals surface area (Å²) < 4.78 is 19.6. The van der Waals surface area contributed by atoms with Gasteiger partial charge in [-0.05, 0) is 61.4 Å². The van der Waals surface area contributed by atoms with Gasteiger partial charge >= 0.3 is 5.97 Å². The Morgan fingerprint density at radius 3 is 2.36 bits per heavy atom. The van der Waals surface area contributed by atoms with Gasteiger partial charge in [0.25, 0.3) is 5.91 Å². The Kier molecular flexibility index (Phi) is 8.92. The zero-order valence-corrected chi connectivity index (χ0v) is 24.4. The van der Waals surface area contributed by atoms with Crippen molar-refractivity contribution in [1.29, 1.82) is 0 Å². The van der Waals surface area contributed by atoms with Gasteiger partial charge in [-0.2, -0.15) is 0 Å². The van der Waals surface area contributed by atoms with Crippen LogP contribution >= 0.6 is 11.6 Å². The molecule has 1 unspecified atom stereocenters. The van der Waals surface area contributed by atoms with E-state index in [0.29, 0.717) is 53.7 Å². The topological polar surface area (TPSA) is 70.2 Å². The minimum absolute atomic E-state index is 0.0891. The Bertz CT molecular complexity index is 1520. The lowest BCUT2D eigenvalue weighted by molar-refractivity contribution is -0.140. The van der Waals surface area contributed by atoms with Crippen LogP contribution in [-0.2, 0) is 20.9 Å². The number of piperazine rings is 1. The van der Waals surface area contributed by atoms with E-state index in [0.717, 1.165) is 11.1 Å². The summed E-state index contributed by atoms with van der Waals surface area (Å²) in [4.78, 5) is 44.9. The van der Waals surface area contributed by atoms with Crippen LogP contribution < -0.4 is 4.90 Å². The molecule has 0 bridgehead atoms. The zero-order chi connectivity index (χ0) is 29.8. The predicted octanol–water partition coefficient (Wildman–Crippen LogP) is 5.79. The maximum Gasteiger partial charge on any atom is 0.336 e. The van der Waals surface area contributed by atoms with Gasteiger partial charge in [-0.3, -0.25) is 9.59 Å². The number of carbonyl (C=O) groups is 3. The van der Waals surface area contributed by atoms with Gasteiger partial charge in [0.15, 0.2) is 0 Å². The Morgan fingerprint density at radius 2 is 1.69 bits per heavy atom. The van der Waals surface area contributed by atoms with Crippen LogP contribution in [0, 0.1) is 5.82 Å². The van der Waals surface area contributed by atoms with Crippen LogP contribution in [0.5, 0.6) is 0 Å². The molecule has 5 rings (SSSR count). The molecule has 7 nitrogen and oxygen atoms in total. The maximum absolute atomic E-state index is 14.2. The molecule has 42 heavy (non-hydrogen) atoms. The summed E-state index contributed by atoms with van der Waals surface area (Å²) in [5.41, 5.74) is 3.70. The van der Waals surface area contributed by atoms with Gasteiger partial charge in [-0.1, -0.05) is 48.0 Å². The van der Waals surface area contributed by atoms with Crippen molar-refractivity contribution in [3.63, 3.8) is 0 Å². The molecule has 2 aliphatic heterocycles. The lowest BCUT2D eigenvalue weighted by Crippen LogP contribution is -2.49. The second kappa shape index (κ2) is 12.8. The summed E-state index contributed by atoms with van der Waals surface area (Å²) in [6, 6.07) is 21.0. The maximum atomic E-state index is 14.2. The Hall–Kier alpha value is -4.17. The normalized spacial score (nSPS) is 17.5. The number of benzene rings is 3. The van der Waals surface area contributed by atoms with Crippen molar-refractivity contribution < 1.29 is 23.5 Å². The minimum Gasteiger partial charge on any atom is -0.463 e. The molecule has 2 aliphatic rings. The van der Waals surface area contributed by atoms with E-state index >= 15 is 0 Å². The Balaban J connectivity index is 1.29. The highest BCUT2D eigenvalue weighted by Crippen LogP contribution is 2.38. The van der Waals surface area contributed by atoms with E-state index in [1.807, 2.05) is 29.2 Å². The summed E-state index contributed by atoms with van der Waals surface area (Å²) in [5.74, 6) is -1.37. The van der Waals surface area contributed by atoms with E-state index in [1.54, 1.807) is 66.1 Å². The fourth-order valence-electron chi connectivity index (χ4n) is 5.66. The number of ether oxygens (including phenoxy) is 1. The van der Waals surface area contributed by atoms with E-state index in [-0.39, 0.29) is 37.2 Å². The molecule has 0 spiro atoms. The summed E-state index contributed by atoms with van der Waals surface area (Å²) in [7, 11) is 0. The van der Waals surface area contributed by atoms with Crippen molar-refractivity contribution >= 4 is 35.1 Å². The third-order valence-electron chi connectivity index (χ3n) is 7.87. The highest BCUT2D eigenvalue weighted by Gasteiger charge is 2.37. The van der Waals surface area contributed by atoms with E-state index in [9.17, 15) is 18.8 Å². The average molecular weight is 590 g/mol. The summed E-state index contributed by atoms with van der Waals surface area (Å²) in [6.45, 7) is 6.07. The molecular formula is C33H33ClFN3O4. The summed E-state index contributed by atoms with van der Waals surface area (Å²) in [6.07, 6.45) is 0.112. The van der Waals surface area contributed by atoms with Gasteiger partial charge in [0.1, 0.15) is 5.82 Å². The van der Waals surface area contributed by atoms with Crippen molar-refractivity contribution in [1.82, 2.24) is 9.80 Å². The van der Waals surface area contributed by atoms with Crippen LogP contribution in [0.3, 0.4) is 0 Å². The Morgan fingerprint density at radius 1 is 0.976 bits per heavy atom. The summed E-state index contributed by atoms with van der Waals surface area (Å²) in [5, 5.41) is 0.532. The van der Waals surface area contributed by atoms with Crippen LogP contribution in [-0.4, -0.2) is 60.4 Å². The quantitative estimate of drug-likeness (QED) is 0.326. The first kappa shape index (κ1) is 29.3. The van der Waals surface area contributed by atoms with Crippen LogP contribution in [0.25, 0.3) is 0 Å². The lowest BCUT2D eigenvalue weighted by atomic mass is 9.83. The number of amides is 2. The number of esters is 1. The molecule has 1 saturated heterocycles.